The van der Waals surface area contributed by atoms with Crippen LogP contribution in [0.15, 0.2) is 29.3 Å². The highest BCUT2D eigenvalue weighted by atomic mass is 16.5. The number of hydrogen-bond donors (Lipinski definition) is 0. The second-order valence-corrected chi connectivity index (χ2v) is 3.74. The number of ether oxygens (including phenoxy) is 1. The van der Waals surface area contributed by atoms with E-state index < -0.39 is 5.69 Å². The summed E-state index contributed by atoms with van der Waals surface area (Å²) in [4.78, 5) is 19.5. The lowest BCUT2D eigenvalue weighted by Gasteiger charge is -2.11. The number of benzene rings is 1. The average Bonchev–Trinajstić information content (AvgIpc) is 2.30. The third kappa shape index (κ3) is 2.04. The van der Waals surface area contributed by atoms with E-state index in [2.05, 4.69) is 9.97 Å². The van der Waals surface area contributed by atoms with E-state index in [0.717, 1.165) is 16.8 Å². The van der Waals surface area contributed by atoms with Crippen molar-refractivity contribution >= 4 is 0 Å². The second-order valence-electron chi connectivity index (χ2n) is 3.74. The fraction of sp³-hybridized carbons (Fsp3) is 0.250. The zero-order chi connectivity index (χ0) is 12.4. The van der Waals surface area contributed by atoms with Crippen LogP contribution in [0.5, 0.6) is 6.01 Å². The van der Waals surface area contributed by atoms with Crippen molar-refractivity contribution in [1.29, 1.82) is 0 Å². The van der Waals surface area contributed by atoms with Gasteiger partial charge in [0.15, 0.2) is 0 Å². The molecule has 2 rings (SSSR count). The number of aromatic nitrogens is 3. The van der Waals surface area contributed by atoms with Gasteiger partial charge in [-0.25, -0.2) is 4.79 Å². The summed E-state index contributed by atoms with van der Waals surface area (Å²) in [5, 5.41) is 0. The summed E-state index contributed by atoms with van der Waals surface area (Å²) >= 11 is 0. The Labute approximate surface area is 98.7 Å². The molecule has 0 atom stereocenters. The molecule has 0 aliphatic carbocycles. The molecule has 88 valence electrons. The van der Waals surface area contributed by atoms with Gasteiger partial charge in [0.25, 0.3) is 0 Å². The zero-order valence-corrected chi connectivity index (χ0v) is 9.97. The van der Waals surface area contributed by atoms with Crippen LogP contribution in [0.2, 0.25) is 0 Å². The number of para-hydroxylation sites is 1. The standard InChI is InChI=1S/C12H13N3O2/c1-8-5-4-6-9(2)10(8)15-7-13-11(17-3)14-12(15)16/h4-7H,1-3H3. The minimum Gasteiger partial charge on any atom is -0.467 e. The normalized spacial score (nSPS) is 10.3. The van der Waals surface area contributed by atoms with E-state index in [1.807, 2.05) is 32.0 Å². The van der Waals surface area contributed by atoms with E-state index in [9.17, 15) is 4.79 Å². The third-order valence-corrected chi connectivity index (χ3v) is 2.54. The van der Waals surface area contributed by atoms with Crippen molar-refractivity contribution < 1.29 is 4.74 Å². The van der Waals surface area contributed by atoms with Crippen LogP contribution in [0.4, 0.5) is 0 Å². The Morgan fingerprint density at radius 3 is 2.41 bits per heavy atom. The Balaban J connectivity index is 2.65. The van der Waals surface area contributed by atoms with Crippen LogP contribution in [0.1, 0.15) is 11.1 Å². The highest BCUT2D eigenvalue weighted by molar-refractivity contribution is 5.46. The van der Waals surface area contributed by atoms with Gasteiger partial charge in [0.05, 0.1) is 12.8 Å². The quantitative estimate of drug-likeness (QED) is 0.780. The molecular weight excluding hydrogens is 218 g/mol. The fourth-order valence-corrected chi connectivity index (χ4v) is 1.76. The molecule has 0 saturated heterocycles. The maximum atomic E-state index is 11.8. The Kier molecular flexibility index (Phi) is 2.91. The van der Waals surface area contributed by atoms with Crippen LogP contribution in [-0.2, 0) is 0 Å². The first kappa shape index (κ1) is 11.3. The zero-order valence-electron chi connectivity index (χ0n) is 9.97. The number of aryl methyl sites for hydroxylation is 2. The molecule has 17 heavy (non-hydrogen) atoms. The van der Waals surface area contributed by atoms with E-state index in [0.29, 0.717) is 0 Å². The van der Waals surface area contributed by atoms with Gasteiger partial charge in [-0.1, -0.05) is 18.2 Å². The van der Waals surface area contributed by atoms with Gasteiger partial charge in [0.2, 0.25) is 0 Å². The molecule has 1 aromatic heterocycles. The van der Waals surface area contributed by atoms with Gasteiger partial charge < -0.3 is 4.74 Å². The third-order valence-electron chi connectivity index (χ3n) is 2.54. The molecule has 5 heteroatoms. The maximum absolute atomic E-state index is 11.8. The molecule has 0 spiro atoms. The smallest absolute Gasteiger partial charge is 0.358 e. The minimum absolute atomic E-state index is 0.0810. The molecule has 0 aliphatic rings. The van der Waals surface area contributed by atoms with Crippen LogP contribution in [0, 0.1) is 13.8 Å². The molecule has 2 aromatic rings. The van der Waals surface area contributed by atoms with Crippen molar-refractivity contribution in [2.24, 2.45) is 0 Å². The molecule has 0 aliphatic heterocycles. The first-order valence-electron chi connectivity index (χ1n) is 5.19. The topological polar surface area (TPSA) is 57.0 Å². The number of hydrogen-bond acceptors (Lipinski definition) is 4. The number of nitrogens with zero attached hydrogens (tertiary/aromatic N) is 3. The van der Waals surface area contributed by atoms with E-state index in [-0.39, 0.29) is 6.01 Å². The van der Waals surface area contributed by atoms with Crippen molar-refractivity contribution in [1.82, 2.24) is 14.5 Å². The molecule has 0 fully saturated rings. The summed E-state index contributed by atoms with van der Waals surface area (Å²) in [5.74, 6) is 0. The summed E-state index contributed by atoms with van der Waals surface area (Å²) < 4.78 is 6.23. The van der Waals surface area contributed by atoms with Crippen LogP contribution >= 0.6 is 0 Å². The Morgan fingerprint density at radius 2 is 1.88 bits per heavy atom. The summed E-state index contributed by atoms with van der Waals surface area (Å²) in [6.45, 7) is 3.89. The van der Waals surface area contributed by atoms with Gasteiger partial charge in [-0.05, 0) is 25.0 Å². The molecule has 0 amide bonds. The van der Waals surface area contributed by atoms with Crippen LogP contribution < -0.4 is 10.4 Å². The van der Waals surface area contributed by atoms with Gasteiger partial charge in [-0.3, -0.25) is 4.57 Å². The average molecular weight is 231 g/mol. The van der Waals surface area contributed by atoms with Gasteiger partial charge in [-0.2, -0.15) is 4.98 Å². The predicted molar refractivity (Wildman–Crippen MR) is 63.7 cm³/mol. The number of rotatable bonds is 2. The Hall–Kier alpha value is -2.17. The lowest BCUT2D eigenvalue weighted by atomic mass is 10.1. The molecule has 0 N–H and O–H groups in total. The maximum Gasteiger partial charge on any atom is 0.358 e. The monoisotopic (exact) mass is 231 g/mol. The Morgan fingerprint density at radius 1 is 1.24 bits per heavy atom. The lowest BCUT2D eigenvalue weighted by Crippen LogP contribution is -2.23. The summed E-state index contributed by atoms with van der Waals surface area (Å²) in [7, 11) is 1.43. The summed E-state index contributed by atoms with van der Waals surface area (Å²) in [5.41, 5.74) is 2.43. The summed E-state index contributed by atoms with van der Waals surface area (Å²) in [6.07, 6.45) is 1.43. The predicted octanol–water partition coefficient (Wildman–Crippen LogP) is 1.25. The van der Waals surface area contributed by atoms with E-state index >= 15 is 0 Å². The summed E-state index contributed by atoms with van der Waals surface area (Å²) in [6, 6.07) is 5.92. The van der Waals surface area contributed by atoms with E-state index in [1.54, 1.807) is 0 Å². The highest BCUT2D eigenvalue weighted by Gasteiger charge is 2.08. The van der Waals surface area contributed by atoms with Gasteiger partial charge in [0.1, 0.15) is 6.33 Å². The first-order chi connectivity index (χ1) is 8.13. The SMILES string of the molecule is COc1ncn(-c2c(C)cccc2C)c(=O)n1. The van der Waals surface area contributed by atoms with Gasteiger partial charge in [0, 0.05) is 0 Å². The van der Waals surface area contributed by atoms with Crippen molar-refractivity contribution in [2.75, 3.05) is 7.11 Å². The lowest BCUT2D eigenvalue weighted by molar-refractivity contribution is 0.374. The molecule has 1 aromatic carbocycles. The van der Waals surface area contributed by atoms with Crippen molar-refractivity contribution in [2.45, 2.75) is 13.8 Å². The van der Waals surface area contributed by atoms with Crippen LogP contribution in [-0.4, -0.2) is 21.6 Å². The van der Waals surface area contributed by atoms with Gasteiger partial charge in [-0.15, -0.1) is 4.98 Å². The van der Waals surface area contributed by atoms with Crippen LogP contribution in [0.3, 0.4) is 0 Å². The molecule has 5 nitrogen and oxygen atoms in total. The van der Waals surface area contributed by atoms with Crippen molar-refractivity contribution in [3.8, 4) is 11.7 Å². The van der Waals surface area contributed by atoms with Crippen LogP contribution in [0.25, 0.3) is 5.69 Å². The molecule has 0 bridgehead atoms. The molecule has 1 heterocycles. The second kappa shape index (κ2) is 4.37. The minimum atomic E-state index is -0.394. The molecular formula is C12H13N3O2. The molecule has 0 saturated carbocycles. The van der Waals surface area contributed by atoms with E-state index in [4.69, 9.17) is 4.74 Å². The van der Waals surface area contributed by atoms with Crippen molar-refractivity contribution in [3.63, 3.8) is 0 Å². The van der Waals surface area contributed by atoms with Gasteiger partial charge >= 0.3 is 11.7 Å². The molecule has 0 unspecified atom stereocenters. The van der Waals surface area contributed by atoms with E-state index in [1.165, 1.54) is 18.0 Å². The fourth-order valence-electron chi connectivity index (χ4n) is 1.76. The highest BCUT2D eigenvalue weighted by Crippen LogP contribution is 2.16. The molecule has 0 radical (unpaired) electrons. The largest absolute Gasteiger partial charge is 0.467 e. The van der Waals surface area contributed by atoms with Crippen molar-refractivity contribution in [3.05, 3.63) is 46.1 Å². The Bertz CT molecular complexity index is 585. The first-order valence-corrected chi connectivity index (χ1v) is 5.19. The number of methoxy groups -OCH3 is 1.